The van der Waals surface area contributed by atoms with Crippen LogP contribution in [0, 0.1) is 0 Å². The van der Waals surface area contributed by atoms with E-state index in [4.69, 9.17) is 21.1 Å². The van der Waals surface area contributed by atoms with Crippen molar-refractivity contribution in [1.29, 1.82) is 0 Å². The second kappa shape index (κ2) is 15.5. The number of fused-ring (bicyclic) bond motifs is 1. The fourth-order valence-electron chi connectivity index (χ4n) is 5.98. The van der Waals surface area contributed by atoms with Crippen molar-refractivity contribution in [2.75, 3.05) is 26.0 Å². The van der Waals surface area contributed by atoms with E-state index in [1.807, 2.05) is 54.6 Å². The summed E-state index contributed by atoms with van der Waals surface area (Å²) in [5.41, 5.74) is 5.53. The number of carbonyl (C=O) groups is 1. The molecule has 0 saturated carbocycles. The van der Waals surface area contributed by atoms with Crippen LogP contribution in [0.3, 0.4) is 0 Å². The third kappa shape index (κ3) is 8.16. The number of aromatic nitrogens is 5. The molecule has 0 aliphatic carbocycles. The Hall–Kier alpha value is -5.04. The van der Waals surface area contributed by atoms with E-state index in [1.54, 1.807) is 24.3 Å². The molecule has 2 heterocycles. The van der Waals surface area contributed by atoms with Gasteiger partial charge in [-0.15, -0.1) is 5.10 Å². The van der Waals surface area contributed by atoms with E-state index in [0.29, 0.717) is 35.8 Å². The van der Waals surface area contributed by atoms with Gasteiger partial charge in [0.2, 0.25) is 10.0 Å². The van der Waals surface area contributed by atoms with Crippen LogP contribution in [0.5, 0.6) is 5.75 Å². The number of benzene rings is 4. The number of hydrogen-bond acceptors (Lipinski definition) is 8. The number of halogens is 1. The maximum atomic E-state index is 13.0. The highest BCUT2D eigenvalue weighted by molar-refractivity contribution is 7.89. The highest BCUT2D eigenvalue weighted by Gasteiger charge is 2.26. The second-order valence-electron chi connectivity index (χ2n) is 11.3. The Morgan fingerprint density at radius 1 is 0.918 bits per heavy atom. The highest BCUT2D eigenvalue weighted by atomic mass is 35.5. The van der Waals surface area contributed by atoms with Gasteiger partial charge < -0.3 is 14.0 Å². The average Bonchev–Trinajstić information content (AvgIpc) is 3.75. The van der Waals surface area contributed by atoms with Gasteiger partial charge in [0, 0.05) is 41.0 Å². The van der Waals surface area contributed by atoms with Gasteiger partial charge in [0.25, 0.3) is 0 Å². The number of hydrogen-bond donors (Lipinski definition) is 1. The summed E-state index contributed by atoms with van der Waals surface area (Å²) in [6, 6.07) is 32.9. The van der Waals surface area contributed by atoms with E-state index in [-0.39, 0.29) is 24.9 Å². The molecule has 6 rings (SSSR count). The molecule has 0 saturated heterocycles. The fourth-order valence-corrected chi connectivity index (χ4v) is 7.14. The summed E-state index contributed by atoms with van der Waals surface area (Å²) in [4.78, 5) is 11.9. The molecule has 11 nitrogen and oxygen atoms in total. The molecule has 13 heteroatoms. The molecule has 0 aliphatic rings. The monoisotopic (exact) mass is 698 g/mol. The first-order chi connectivity index (χ1) is 23.8. The van der Waals surface area contributed by atoms with Crippen LogP contribution in [-0.2, 0) is 34.1 Å². The van der Waals surface area contributed by atoms with Crippen molar-refractivity contribution in [3.63, 3.8) is 0 Å². The number of ether oxygens (including phenoxy) is 2. The number of nitrogens with one attached hydrogen (secondary N) is 1. The second-order valence-corrected chi connectivity index (χ2v) is 13.7. The zero-order valence-electron chi connectivity index (χ0n) is 26.8. The predicted octanol–water partition coefficient (Wildman–Crippen LogP) is 5.49. The average molecular weight is 699 g/mol. The molecule has 1 N–H and O–H groups in total. The van der Waals surface area contributed by atoms with Crippen LogP contribution in [0.1, 0.15) is 38.8 Å². The first kappa shape index (κ1) is 33.8. The number of carbonyl (C=O) groups excluding carboxylic acids is 1. The zero-order chi connectivity index (χ0) is 34.2. The Morgan fingerprint density at radius 3 is 2.24 bits per heavy atom. The van der Waals surface area contributed by atoms with Crippen molar-refractivity contribution in [3.8, 4) is 5.75 Å². The topological polar surface area (TPSA) is 130 Å². The van der Waals surface area contributed by atoms with Crippen molar-refractivity contribution in [3.05, 3.63) is 142 Å². The molecular formula is C36H35ClN6O5S. The van der Waals surface area contributed by atoms with E-state index in [0.717, 1.165) is 33.3 Å². The van der Waals surface area contributed by atoms with Crippen molar-refractivity contribution in [1.82, 2.24) is 29.5 Å². The molecule has 0 atom stereocenters. The zero-order valence-corrected chi connectivity index (χ0v) is 28.3. The Morgan fingerprint density at radius 2 is 1.61 bits per heavy atom. The third-order valence-electron chi connectivity index (χ3n) is 8.23. The number of methoxy groups -OCH3 is 1. The molecule has 2 aromatic heterocycles. The Bertz CT molecular complexity index is 2070. The molecule has 0 aliphatic heterocycles. The molecule has 0 unspecified atom stereocenters. The Balaban J connectivity index is 1.37. The molecule has 6 aromatic rings. The first-order valence-electron chi connectivity index (χ1n) is 15.7. The van der Waals surface area contributed by atoms with Gasteiger partial charge in [-0.3, -0.25) is 0 Å². The van der Waals surface area contributed by atoms with Gasteiger partial charge in [-0.05, 0) is 69.6 Å². The lowest BCUT2D eigenvalue weighted by Gasteiger charge is -2.25. The van der Waals surface area contributed by atoms with Gasteiger partial charge in [0.15, 0.2) is 0 Å². The fraction of sp³-hybridized carbons (Fsp3) is 0.222. The lowest BCUT2D eigenvalue weighted by Crippen LogP contribution is -2.31. The standard InChI is InChI=1S/C36H35ClN6O5S/c1-47-36(44)28-12-15-30(16-13-28)48-22-19-31-32-24-29(37)14-17-33(32)43(35(26-8-4-2-5-9-26)27-10-6-3-7-11-27)34(31)18-20-39-49(45,46)23-21-42-25-38-40-41-42/h2-17,24-25,35,39H,18-23H2,1H3. The third-order valence-corrected chi connectivity index (χ3v) is 9.83. The van der Waals surface area contributed by atoms with Crippen molar-refractivity contribution >= 4 is 38.5 Å². The number of esters is 1. The minimum atomic E-state index is -3.63. The minimum Gasteiger partial charge on any atom is -0.493 e. The van der Waals surface area contributed by atoms with Crippen molar-refractivity contribution < 1.29 is 22.7 Å². The van der Waals surface area contributed by atoms with Gasteiger partial charge in [0.05, 0.1) is 37.6 Å². The van der Waals surface area contributed by atoms with Crippen LogP contribution < -0.4 is 9.46 Å². The molecule has 0 bridgehead atoms. The summed E-state index contributed by atoms with van der Waals surface area (Å²) >= 11 is 6.60. The number of rotatable bonds is 15. The molecule has 0 spiro atoms. The van der Waals surface area contributed by atoms with E-state index in [1.165, 1.54) is 18.1 Å². The SMILES string of the molecule is COC(=O)c1ccc(OCCc2c(CCNS(=O)(=O)CCn3cnnn3)n(C(c3ccccc3)c3ccccc3)c3ccc(Cl)cc23)cc1. The van der Waals surface area contributed by atoms with Gasteiger partial charge >= 0.3 is 5.97 Å². The lowest BCUT2D eigenvalue weighted by molar-refractivity contribution is 0.0600. The van der Waals surface area contributed by atoms with E-state index < -0.39 is 16.0 Å². The molecule has 49 heavy (non-hydrogen) atoms. The lowest BCUT2D eigenvalue weighted by atomic mass is 9.97. The predicted molar refractivity (Wildman–Crippen MR) is 187 cm³/mol. The number of sulfonamides is 1. The van der Waals surface area contributed by atoms with E-state index in [9.17, 15) is 13.2 Å². The van der Waals surface area contributed by atoms with Crippen LogP contribution in [-0.4, -0.2) is 65.2 Å². The van der Waals surface area contributed by atoms with Gasteiger partial charge in [-0.2, -0.15) is 0 Å². The number of nitrogens with zero attached hydrogens (tertiary/aromatic N) is 5. The summed E-state index contributed by atoms with van der Waals surface area (Å²) in [5.74, 6) is 0.0269. The quantitative estimate of drug-likeness (QED) is 0.139. The maximum absolute atomic E-state index is 13.0. The molecule has 252 valence electrons. The van der Waals surface area contributed by atoms with Crippen molar-refractivity contribution in [2.24, 2.45) is 0 Å². The summed E-state index contributed by atoms with van der Waals surface area (Å²) in [7, 11) is -2.29. The molecule has 0 fully saturated rings. The van der Waals surface area contributed by atoms with Crippen LogP contribution >= 0.6 is 11.6 Å². The molecule has 0 amide bonds. The first-order valence-corrected chi connectivity index (χ1v) is 17.8. The van der Waals surface area contributed by atoms with Crippen molar-refractivity contribution in [2.45, 2.75) is 25.4 Å². The van der Waals surface area contributed by atoms with E-state index in [2.05, 4.69) is 49.1 Å². The summed E-state index contributed by atoms with van der Waals surface area (Å²) < 4.78 is 43.5. The largest absolute Gasteiger partial charge is 0.493 e. The normalized spacial score (nSPS) is 11.7. The summed E-state index contributed by atoms with van der Waals surface area (Å²) in [6.45, 7) is 0.630. The summed E-state index contributed by atoms with van der Waals surface area (Å²) in [5, 5.41) is 12.5. The number of tetrazole rings is 1. The van der Waals surface area contributed by atoms with Gasteiger partial charge in [0.1, 0.15) is 12.1 Å². The van der Waals surface area contributed by atoms with E-state index >= 15 is 0 Å². The van der Waals surface area contributed by atoms with Crippen LogP contribution in [0.25, 0.3) is 10.9 Å². The van der Waals surface area contributed by atoms with Crippen LogP contribution in [0.15, 0.2) is 109 Å². The minimum absolute atomic E-state index is 0.133. The molecule has 4 aromatic carbocycles. The van der Waals surface area contributed by atoms with Crippen LogP contribution in [0.2, 0.25) is 5.02 Å². The Labute approximate surface area is 289 Å². The highest BCUT2D eigenvalue weighted by Crippen LogP contribution is 2.37. The molecular weight excluding hydrogens is 664 g/mol. The number of aryl methyl sites for hydroxylation is 1. The smallest absolute Gasteiger partial charge is 0.337 e. The van der Waals surface area contributed by atoms with Crippen LogP contribution in [0.4, 0.5) is 0 Å². The molecule has 0 radical (unpaired) electrons. The summed E-state index contributed by atoms with van der Waals surface area (Å²) in [6.07, 6.45) is 2.30. The van der Waals surface area contributed by atoms with Gasteiger partial charge in [-0.25, -0.2) is 22.6 Å². The van der Waals surface area contributed by atoms with Gasteiger partial charge in [-0.1, -0.05) is 72.3 Å². The Kier molecular flexibility index (Phi) is 10.7. The maximum Gasteiger partial charge on any atom is 0.337 e.